The molecule has 8 nitrogen and oxygen atoms in total. The molecule has 0 amide bonds. The third-order valence-electron chi connectivity index (χ3n) is 6.62. The highest BCUT2D eigenvalue weighted by atomic mass is 16.5. The Morgan fingerprint density at radius 1 is 1.05 bits per heavy atom. The molecular weight excluding hydrogens is 496 g/mol. The van der Waals surface area contributed by atoms with Gasteiger partial charge >= 0.3 is 0 Å². The lowest BCUT2D eigenvalue weighted by Gasteiger charge is -2.25. The van der Waals surface area contributed by atoms with Crippen LogP contribution in [0.1, 0.15) is 27.7 Å². The summed E-state index contributed by atoms with van der Waals surface area (Å²) in [4.78, 5) is 15.9. The molecule has 0 aliphatic carbocycles. The monoisotopic (exact) mass is 534 g/mol. The first-order chi connectivity index (χ1) is 18.5. The Bertz CT molecular complexity index is 1450. The summed E-state index contributed by atoms with van der Waals surface area (Å²) in [6, 6.07) is 6.28. The third kappa shape index (κ3) is 6.64. The predicted octanol–water partition coefficient (Wildman–Crippen LogP) is 5.18. The van der Waals surface area contributed by atoms with E-state index in [1.165, 1.54) is 6.07 Å². The van der Waals surface area contributed by atoms with Crippen molar-refractivity contribution in [1.29, 1.82) is 0 Å². The van der Waals surface area contributed by atoms with Gasteiger partial charge in [0.25, 0.3) is 0 Å². The largest absolute Gasteiger partial charge is 0.507 e. The molecule has 0 unspecified atom stereocenters. The van der Waals surface area contributed by atoms with Crippen LogP contribution in [0.2, 0.25) is 0 Å². The van der Waals surface area contributed by atoms with E-state index in [-0.39, 0.29) is 39.7 Å². The van der Waals surface area contributed by atoms with Gasteiger partial charge in [0, 0.05) is 44.9 Å². The Morgan fingerprint density at radius 3 is 2.44 bits per heavy atom. The highest BCUT2D eigenvalue weighted by Crippen LogP contribution is 2.40. The van der Waals surface area contributed by atoms with Crippen molar-refractivity contribution < 1.29 is 23.7 Å². The Morgan fingerprint density at radius 2 is 1.74 bits per heavy atom. The normalized spacial score (nSPS) is 15.1. The van der Waals surface area contributed by atoms with Gasteiger partial charge in [-0.3, -0.25) is 9.69 Å². The summed E-state index contributed by atoms with van der Waals surface area (Å²) in [7, 11) is 0. The van der Waals surface area contributed by atoms with Gasteiger partial charge < -0.3 is 29.1 Å². The second-order valence-corrected chi connectivity index (χ2v) is 10.7. The molecule has 8 heteroatoms. The third-order valence-corrected chi connectivity index (χ3v) is 6.62. The molecule has 3 aromatic rings. The van der Waals surface area contributed by atoms with E-state index in [2.05, 4.69) is 29.5 Å². The van der Waals surface area contributed by atoms with Gasteiger partial charge in [0.2, 0.25) is 11.2 Å². The van der Waals surface area contributed by atoms with Crippen LogP contribution >= 0.6 is 0 Å². The van der Waals surface area contributed by atoms with Crippen molar-refractivity contribution in [1.82, 2.24) is 10.2 Å². The molecule has 1 aliphatic rings. The molecule has 2 aromatic carbocycles. The van der Waals surface area contributed by atoms with Crippen LogP contribution in [0.3, 0.4) is 0 Å². The van der Waals surface area contributed by atoms with Crippen LogP contribution in [-0.4, -0.2) is 60.5 Å². The van der Waals surface area contributed by atoms with Gasteiger partial charge in [-0.25, -0.2) is 0 Å². The van der Waals surface area contributed by atoms with Crippen molar-refractivity contribution in [3.8, 4) is 23.0 Å². The molecule has 0 atom stereocenters. The lowest BCUT2D eigenvalue weighted by atomic mass is 10.1. The predicted molar refractivity (Wildman–Crippen MR) is 155 cm³/mol. The first kappa shape index (κ1) is 28.3. The molecule has 1 saturated heterocycles. The van der Waals surface area contributed by atoms with E-state index in [4.69, 9.17) is 18.6 Å². The second-order valence-electron chi connectivity index (χ2n) is 10.7. The molecule has 208 valence electrons. The number of phenolic OH excluding ortho intramolecular Hbond substituents is 1. The number of fused-ring (bicyclic) bond motifs is 2. The second kappa shape index (κ2) is 11.6. The van der Waals surface area contributed by atoms with Crippen molar-refractivity contribution in [2.75, 3.05) is 39.3 Å². The number of hydrogen-bond acceptors (Lipinski definition) is 8. The molecule has 1 fully saturated rings. The van der Waals surface area contributed by atoms with Crippen molar-refractivity contribution in [3.05, 3.63) is 72.0 Å². The first-order valence-corrected chi connectivity index (χ1v) is 13.2. The van der Waals surface area contributed by atoms with E-state index in [0.717, 1.165) is 32.7 Å². The number of benzene rings is 2. The molecule has 4 rings (SSSR count). The van der Waals surface area contributed by atoms with Crippen LogP contribution in [0.4, 0.5) is 0 Å². The summed E-state index contributed by atoms with van der Waals surface area (Å²) < 4.78 is 24.5. The average Bonchev–Trinajstić information content (AvgIpc) is 2.89. The zero-order chi connectivity index (χ0) is 28.2. The standard InChI is InChI=1S/C31H38N2O6/c1-7-30(3,4)38-21-19-23(34)26-25(20-21)37-28-22(27(26)35)11-12-24(39-31(5,6)8-2)29(28)36-18-10-9-15-33-16-13-32-14-17-33/h7-12,19-20,32,34H,1-2,13-18H2,3-6H3/b10-9+. The minimum atomic E-state index is -0.698. The van der Waals surface area contributed by atoms with E-state index >= 15 is 0 Å². The molecular formula is C31H38N2O6. The van der Waals surface area contributed by atoms with Crippen LogP contribution in [0.5, 0.6) is 23.0 Å². The van der Waals surface area contributed by atoms with E-state index in [1.807, 2.05) is 33.8 Å². The summed E-state index contributed by atoms with van der Waals surface area (Å²) in [6.45, 7) is 20.1. The zero-order valence-electron chi connectivity index (χ0n) is 23.2. The van der Waals surface area contributed by atoms with E-state index < -0.39 is 11.2 Å². The van der Waals surface area contributed by atoms with E-state index in [1.54, 1.807) is 30.4 Å². The Hall–Kier alpha value is -3.75. The van der Waals surface area contributed by atoms with Gasteiger partial charge in [0.05, 0.1) is 5.39 Å². The van der Waals surface area contributed by atoms with Crippen molar-refractivity contribution in [3.63, 3.8) is 0 Å². The van der Waals surface area contributed by atoms with Gasteiger partial charge in [-0.15, -0.1) is 0 Å². The SMILES string of the molecule is C=CC(C)(C)Oc1cc(O)c2c(=O)c3ccc(OC(C)(C)C=C)c(OC/C=C/CN4CCNCC4)c3oc2c1. The number of nitrogens with zero attached hydrogens (tertiary/aromatic N) is 1. The summed E-state index contributed by atoms with van der Waals surface area (Å²) in [5, 5.41) is 14.4. The highest BCUT2D eigenvalue weighted by molar-refractivity contribution is 5.96. The topological polar surface area (TPSA) is 93.4 Å². The molecule has 0 radical (unpaired) electrons. The number of ether oxygens (including phenoxy) is 3. The van der Waals surface area contributed by atoms with Gasteiger partial charge in [-0.2, -0.15) is 0 Å². The average molecular weight is 535 g/mol. The quantitative estimate of drug-likeness (QED) is 0.257. The molecule has 0 spiro atoms. The highest BCUT2D eigenvalue weighted by Gasteiger charge is 2.24. The van der Waals surface area contributed by atoms with Gasteiger partial charge in [-0.1, -0.05) is 25.3 Å². The maximum absolute atomic E-state index is 13.5. The van der Waals surface area contributed by atoms with Crippen LogP contribution in [0.25, 0.3) is 21.9 Å². The zero-order valence-corrected chi connectivity index (χ0v) is 23.2. The molecule has 0 bridgehead atoms. The fourth-order valence-corrected chi connectivity index (χ4v) is 4.22. The number of nitrogens with one attached hydrogen (secondary N) is 1. The van der Waals surface area contributed by atoms with Crippen LogP contribution in [-0.2, 0) is 0 Å². The lowest BCUT2D eigenvalue weighted by molar-refractivity contribution is 0.154. The molecule has 2 heterocycles. The molecule has 39 heavy (non-hydrogen) atoms. The number of piperazine rings is 1. The van der Waals surface area contributed by atoms with Gasteiger partial charge in [-0.05, 0) is 52.0 Å². The minimum absolute atomic E-state index is 0.0632. The van der Waals surface area contributed by atoms with Crippen LogP contribution in [0, 0.1) is 0 Å². The van der Waals surface area contributed by atoms with Gasteiger partial charge in [0.1, 0.15) is 40.3 Å². The molecule has 1 aromatic heterocycles. The smallest absolute Gasteiger partial charge is 0.205 e. The fourth-order valence-electron chi connectivity index (χ4n) is 4.22. The van der Waals surface area contributed by atoms with E-state index in [0.29, 0.717) is 17.2 Å². The molecule has 1 aliphatic heterocycles. The minimum Gasteiger partial charge on any atom is -0.507 e. The maximum Gasteiger partial charge on any atom is 0.205 e. The first-order valence-electron chi connectivity index (χ1n) is 13.2. The van der Waals surface area contributed by atoms with E-state index in [9.17, 15) is 9.90 Å². The summed E-state index contributed by atoms with van der Waals surface area (Å²) >= 11 is 0. The van der Waals surface area contributed by atoms with Gasteiger partial charge in [0.15, 0.2) is 11.3 Å². The number of aromatic hydroxyl groups is 1. The number of rotatable bonds is 11. The molecule has 2 N–H and O–H groups in total. The Kier molecular flexibility index (Phi) is 8.37. The van der Waals surface area contributed by atoms with Crippen LogP contribution < -0.4 is 25.0 Å². The number of hydrogen-bond donors (Lipinski definition) is 2. The Labute approximate surface area is 229 Å². The molecule has 0 saturated carbocycles. The summed E-state index contributed by atoms with van der Waals surface area (Å²) in [6.07, 6.45) is 7.35. The lowest BCUT2D eigenvalue weighted by Crippen LogP contribution is -2.43. The van der Waals surface area contributed by atoms with Crippen molar-refractivity contribution in [2.45, 2.75) is 38.9 Å². The Balaban J connectivity index is 1.76. The summed E-state index contributed by atoms with van der Waals surface area (Å²) in [5.74, 6) is 0.815. The van der Waals surface area contributed by atoms with Crippen molar-refractivity contribution in [2.24, 2.45) is 0 Å². The van der Waals surface area contributed by atoms with Crippen molar-refractivity contribution >= 4 is 21.9 Å². The van der Waals surface area contributed by atoms with Crippen LogP contribution in [0.15, 0.2) is 70.9 Å². The maximum atomic E-state index is 13.5. The summed E-state index contributed by atoms with van der Waals surface area (Å²) in [5.41, 5.74) is -1.38. The fraction of sp³-hybridized carbons (Fsp3) is 0.387. The number of phenols is 1.